The number of rotatable bonds is 3. The first kappa shape index (κ1) is 7.88. The number of hydrogen-bond donors (Lipinski definition) is 1. The van der Waals surface area contributed by atoms with E-state index >= 15 is 0 Å². The van der Waals surface area contributed by atoms with Gasteiger partial charge in [-0.2, -0.15) is 0 Å². The lowest BCUT2D eigenvalue weighted by Gasteiger charge is -1.86. The molecule has 3 heteroatoms. The first-order valence-corrected chi connectivity index (χ1v) is 2.52. The molecule has 0 aliphatic heterocycles. The molecule has 0 rings (SSSR count). The SMILES string of the molecule is C/C(=C\CC=O)C(=O)O. The van der Waals surface area contributed by atoms with Crippen molar-refractivity contribution in [2.45, 2.75) is 13.3 Å². The molecule has 0 saturated heterocycles. The zero-order chi connectivity index (χ0) is 7.28. The van der Waals surface area contributed by atoms with Gasteiger partial charge in [0.2, 0.25) is 0 Å². The van der Waals surface area contributed by atoms with Crippen LogP contribution in [-0.2, 0) is 9.59 Å². The summed E-state index contributed by atoms with van der Waals surface area (Å²) >= 11 is 0. The van der Waals surface area contributed by atoms with Crippen LogP contribution < -0.4 is 0 Å². The van der Waals surface area contributed by atoms with E-state index in [1.165, 1.54) is 13.0 Å². The highest BCUT2D eigenvalue weighted by Gasteiger charge is 1.96. The maximum Gasteiger partial charge on any atom is 0.330 e. The summed E-state index contributed by atoms with van der Waals surface area (Å²) < 4.78 is 0. The van der Waals surface area contributed by atoms with Gasteiger partial charge in [0.05, 0.1) is 0 Å². The van der Waals surface area contributed by atoms with Crippen LogP contribution in [0.4, 0.5) is 0 Å². The number of carboxylic acid groups (broad SMARTS) is 1. The summed E-state index contributed by atoms with van der Waals surface area (Å²) in [4.78, 5) is 19.7. The van der Waals surface area contributed by atoms with Crippen LogP contribution in [0.25, 0.3) is 0 Å². The van der Waals surface area contributed by atoms with Gasteiger partial charge < -0.3 is 9.90 Å². The number of carbonyl (C=O) groups is 2. The second-order valence-corrected chi connectivity index (χ2v) is 1.59. The summed E-state index contributed by atoms with van der Waals surface area (Å²) in [6.45, 7) is 1.45. The van der Waals surface area contributed by atoms with Crippen LogP contribution in [0.15, 0.2) is 11.6 Å². The Morgan fingerprint density at radius 3 is 2.56 bits per heavy atom. The molecule has 0 spiro atoms. The molecule has 0 heterocycles. The van der Waals surface area contributed by atoms with E-state index in [1.54, 1.807) is 0 Å². The molecule has 9 heavy (non-hydrogen) atoms. The fourth-order valence-electron chi connectivity index (χ4n) is 0.312. The minimum absolute atomic E-state index is 0.179. The van der Waals surface area contributed by atoms with Crippen LogP contribution in [0.5, 0.6) is 0 Å². The Balaban J connectivity index is 3.83. The molecule has 0 atom stereocenters. The van der Waals surface area contributed by atoms with Crippen molar-refractivity contribution >= 4 is 12.3 Å². The van der Waals surface area contributed by atoms with Crippen LogP contribution >= 0.6 is 0 Å². The molecule has 0 bridgehead atoms. The molecule has 0 aromatic rings. The molecule has 50 valence electrons. The number of aliphatic carboxylic acids is 1. The second kappa shape index (κ2) is 3.83. The number of carbonyl (C=O) groups excluding carboxylic acids is 1. The van der Waals surface area contributed by atoms with Gasteiger partial charge in [-0.3, -0.25) is 0 Å². The van der Waals surface area contributed by atoms with Crippen molar-refractivity contribution in [2.75, 3.05) is 0 Å². The van der Waals surface area contributed by atoms with Crippen LogP contribution in [0.2, 0.25) is 0 Å². The van der Waals surface area contributed by atoms with Gasteiger partial charge in [-0.25, -0.2) is 4.79 Å². The third-order valence-corrected chi connectivity index (χ3v) is 0.858. The summed E-state index contributed by atoms with van der Waals surface area (Å²) in [5.74, 6) is -0.975. The van der Waals surface area contributed by atoms with Crippen LogP contribution in [0.1, 0.15) is 13.3 Å². The van der Waals surface area contributed by atoms with E-state index in [0.717, 1.165) is 0 Å². The molecular weight excluding hydrogens is 120 g/mol. The Morgan fingerprint density at radius 1 is 1.67 bits per heavy atom. The Labute approximate surface area is 53.0 Å². The van der Waals surface area contributed by atoms with E-state index in [0.29, 0.717) is 6.29 Å². The van der Waals surface area contributed by atoms with Gasteiger partial charge in [-0.05, 0) is 6.92 Å². The summed E-state index contributed by atoms with van der Waals surface area (Å²) in [6, 6.07) is 0. The Hall–Kier alpha value is -1.12. The Morgan fingerprint density at radius 2 is 2.22 bits per heavy atom. The third kappa shape index (κ3) is 3.46. The number of aldehydes is 1. The van der Waals surface area contributed by atoms with Gasteiger partial charge in [0.15, 0.2) is 0 Å². The lowest BCUT2D eigenvalue weighted by molar-refractivity contribution is -0.132. The molecule has 0 fully saturated rings. The van der Waals surface area contributed by atoms with Crippen molar-refractivity contribution in [3.05, 3.63) is 11.6 Å². The summed E-state index contributed by atoms with van der Waals surface area (Å²) in [6.07, 6.45) is 2.21. The van der Waals surface area contributed by atoms with Crippen molar-refractivity contribution in [3.8, 4) is 0 Å². The van der Waals surface area contributed by atoms with Crippen molar-refractivity contribution in [3.63, 3.8) is 0 Å². The molecule has 0 aliphatic rings. The fourth-order valence-corrected chi connectivity index (χ4v) is 0.312. The van der Waals surface area contributed by atoms with E-state index in [9.17, 15) is 9.59 Å². The monoisotopic (exact) mass is 128 g/mol. The van der Waals surface area contributed by atoms with Gasteiger partial charge in [0.25, 0.3) is 0 Å². The van der Waals surface area contributed by atoms with Crippen LogP contribution in [-0.4, -0.2) is 17.4 Å². The summed E-state index contributed by atoms with van der Waals surface area (Å²) in [5, 5.41) is 8.22. The summed E-state index contributed by atoms with van der Waals surface area (Å²) in [7, 11) is 0. The van der Waals surface area contributed by atoms with Crippen LogP contribution in [0, 0.1) is 0 Å². The highest BCUT2D eigenvalue weighted by atomic mass is 16.4. The first-order chi connectivity index (χ1) is 4.18. The molecule has 0 radical (unpaired) electrons. The topological polar surface area (TPSA) is 54.4 Å². The van der Waals surface area contributed by atoms with Crippen molar-refractivity contribution in [1.29, 1.82) is 0 Å². The quantitative estimate of drug-likeness (QED) is 0.447. The highest BCUT2D eigenvalue weighted by molar-refractivity contribution is 5.86. The minimum atomic E-state index is -0.975. The van der Waals surface area contributed by atoms with Gasteiger partial charge in [0, 0.05) is 12.0 Å². The number of allylic oxidation sites excluding steroid dienone is 1. The smallest absolute Gasteiger partial charge is 0.330 e. The Kier molecular flexibility index (Phi) is 3.35. The molecule has 3 nitrogen and oxygen atoms in total. The zero-order valence-corrected chi connectivity index (χ0v) is 5.13. The van der Waals surface area contributed by atoms with E-state index < -0.39 is 5.97 Å². The second-order valence-electron chi connectivity index (χ2n) is 1.59. The molecule has 0 aromatic carbocycles. The Bertz CT molecular complexity index is 146. The lowest BCUT2D eigenvalue weighted by atomic mass is 10.2. The minimum Gasteiger partial charge on any atom is -0.478 e. The van der Waals surface area contributed by atoms with E-state index in [4.69, 9.17) is 5.11 Å². The van der Waals surface area contributed by atoms with Gasteiger partial charge in [0.1, 0.15) is 6.29 Å². The predicted octanol–water partition coefficient (Wildman–Crippen LogP) is 0.606. The van der Waals surface area contributed by atoms with Crippen LogP contribution in [0.3, 0.4) is 0 Å². The predicted molar refractivity (Wildman–Crippen MR) is 32.1 cm³/mol. The summed E-state index contributed by atoms with van der Waals surface area (Å²) in [5.41, 5.74) is 0.210. The molecular formula is C6H8O3. The molecule has 0 aromatic heterocycles. The van der Waals surface area contributed by atoms with Gasteiger partial charge in [-0.15, -0.1) is 0 Å². The largest absolute Gasteiger partial charge is 0.478 e. The molecule has 0 aliphatic carbocycles. The maximum absolute atomic E-state index is 10.0. The molecule has 0 amide bonds. The third-order valence-electron chi connectivity index (χ3n) is 0.858. The van der Waals surface area contributed by atoms with Gasteiger partial charge >= 0.3 is 5.97 Å². The maximum atomic E-state index is 10.0. The number of carboxylic acids is 1. The van der Waals surface area contributed by atoms with Crippen molar-refractivity contribution < 1.29 is 14.7 Å². The molecule has 0 saturated carbocycles. The lowest BCUT2D eigenvalue weighted by Crippen LogP contribution is -1.95. The van der Waals surface area contributed by atoms with Crippen molar-refractivity contribution in [1.82, 2.24) is 0 Å². The first-order valence-electron chi connectivity index (χ1n) is 2.52. The highest BCUT2D eigenvalue weighted by Crippen LogP contribution is 1.92. The van der Waals surface area contributed by atoms with Crippen molar-refractivity contribution in [2.24, 2.45) is 0 Å². The molecule has 0 unspecified atom stereocenters. The molecule has 1 N–H and O–H groups in total. The van der Waals surface area contributed by atoms with E-state index in [2.05, 4.69) is 0 Å². The standard InChI is InChI=1S/C6H8O3/c1-5(6(8)9)3-2-4-7/h3-4H,2H2,1H3,(H,8,9)/b5-3+. The van der Waals surface area contributed by atoms with E-state index in [-0.39, 0.29) is 12.0 Å². The average molecular weight is 128 g/mol. The number of hydrogen-bond acceptors (Lipinski definition) is 2. The zero-order valence-electron chi connectivity index (χ0n) is 5.13. The normalized spacial score (nSPS) is 11.0. The van der Waals surface area contributed by atoms with E-state index in [1.807, 2.05) is 0 Å². The van der Waals surface area contributed by atoms with Gasteiger partial charge in [-0.1, -0.05) is 6.08 Å². The fraction of sp³-hybridized carbons (Fsp3) is 0.333. The average Bonchev–Trinajstić information content (AvgIpc) is 1.82.